The Morgan fingerprint density at radius 3 is 2.00 bits per heavy atom. The van der Waals surface area contributed by atoms with Gasteiger partial charge < -0.3 is 0 Å². The van der Waals surface area contributed by atoms with E-state index in [0.29, 0.717) is 0 Å². The summed E-state index contributed by atoms with van der Waals surface area (Å²) in [6.07, 6.45) is 0. The highest BCUT2D eigenvalue weighted by Gasteiger charge is 2.01. The van der Waals surface area contributed by atoms with Crippen molar-refractivity contribution in [1.82, 2.24) is 0 Å². The van der Waals surface area contributed by atoms with Crippen molar-refractivity contribution in [2.24, 2.45) is 0 Å². The summed E-state index contributed by atoms with van der Waals surface area (Å²) in [6.45, 7) is 8.36. The first-order valence-corrected chi connectivity index (χ1v) is 3.87. The molecule has 0 aliphatic rings. The molecule has 0 aliphatic heterocycles. The van der Waals surface area contributed by atoms with Crippen molar-refractivity contribution in [1.29, 1.82) is 0 Å². The number of hydrogen-bond donors (Lipinski definition) is 0. The Kier molecular flexibility index (Phi) is 2.08. The van der Waals surface area contributed by atoms with Crippen molar-refractivity contribution in [3.63, 3.8) is 0 Å². The molecule has 0 amide bonds. The molecule has 1 aromatic rings. The van der Waals surface area contributed by atoms with E-state index < -0.39 is 0 Å². The van der Waals surface area contributed by atoms with Crippen LogP contribution in [0.2, 0.25) is 0 Å². The molecule has 11 heavy (non-hydrogen) atoms. The summed E-state index contributed by atoms with van der Waals surface area (Å²) in [5.41, 5.74) is 5.99. The number of rotatable bonds is 0. The van der Waals surface area contributed by atoms with E-state index in [2.05, 4.69) is 33.8 Å². The zero-order valence-electron chi connectivity index (χ0n) is 7.65. The van der Waals surface area contributed by atoms with Crippen LogP contribution in [0.25, 0.3) is 0 Å². The molecule has 0 N–H and O–H groups in total. The first kappa shape index (κ1) is 8.38. The number of aryl methyl sites for hydroxylation is 2. The van der Waals surface area contributed by atoms with Crippen LogP contribution in [0, 0.1) is 27.7 Å². The maximum absolute atomic E-state index is 5.85. The molecule has 0 aliphatic carbocycles. The zero-order valence-corrected chi connectivity index (χ0v) is 7.65. The first-order valence-electron chi connectivity index (χ1n) is 3.87. The second kappa shape index (κ2) is 2.73. The van der Waals surface area contributed by atoms with E-state index in [1.807, 2.05) is 0 Å². The number of benzene rings is 1. The Morgan fingerprint density at radius 2 is 1.45 bits per heavy atom. The van der Waals surface area contributed by atoms with E-state index in [1.165, 1.54) is 22.3 Å². The fourth-order valence-corrected chi connectivity index (χ4v) is 1.30. The van der Waals surface area contributed by atoms with Gasteiger partial charge in [0, 0.05) is 0 Å². The molecule has 1 aromatic carbocycles. The van der Waals surface area contributed by atoms with Gasteiger partial charge in [-0.25, -0.2) is 0 Å². The van der Waals surface area contributed by atoms with Gasteiger partial charge in [0.1, 0.15) is 7.85 Å². The molecule has 0 unspecified atom stereocenters. The predicted octanol–water partition coefficient (Wildman–Crippen LogP) is 1.71. The number of hydrogen-bond acceptors (Lipinski definition) is 0. The van der Waals surface area contributed by atoms with Gasteiger partial charge in [-0.05, 0) is 38.8 Å². The van der Waals surface area contributed by atoms with Crippen LogP contribution in [0.3, 0.4) is 0 Å². The van der Waals surface area contributed by atoms with E-state index in [4.69, 9.17) is 7.85 Å². The van der Waals surface area contributed by atoms with Gasteiger partial charge in [0.25, 0.3) is 0 Å². The minimum Gasteiger partial charge on any atom is -0.0907 e. The third kappa shape index (κ3) is 1.32. The third-order valence-electron chi connectivity index (χ3n) is 2.42. The van der Waals surface area contributed by atoms with Crippen molar-refractivity contribution in [3.05, 3.63) is 28.3 Å². The van der Waals surface area contributed by atoms with Crippen molar-refractivity contribution < 1.29 is 0 Å². The highest BCUT2D eigenvalue weighted by molar-refractivity contribution is 6.34. The molecule has 0 nitrogen and oxygen atoms in total. The van der Waals surface area contributed by atoms with E-state index in [0.717, 1.165) is 5.46 Å². The summed E-state index contributed by atoms with van der Waals surface area (Å²) in [4.78, 5) is 0. The summed E-state index contributed by atoms with van der Waals surface area (Å²) >= 11 is 0. The summed E-state index contributed by atoms with van der Waals surface area (Å²) in [7, 11) is 5.85. The van der Waals surface area contributed by atoms with Gasteiger partial charge in [0.2, 0.25) is 0 Å². The van der Waals surface area contributed by atoms with Crippen LogP contribution in [0.4, 0.5) is 0 Å². The highest BCUT2D eigenvalue weighted by atomic mass is 14.0. The molecule has 0 heterocycles. The SMILES string of the molecule is [B]c1c(C)cc(C)c(C)c1C. The van der Waals surface area contributed by atoms with Crippen LogP contribution in [-0.2, 0) is 0 Å². The van der Waals surface area contributed by atoms with Crippen molar-refractivity contribution in [3.8, 4) is 0 Å². The fourth-order valence-electron chi connectivity index (χ4n) is 1.30. The van der Waals surface area contributed by atoms with Crippen molar-refractivity contribution in [2.75, 3.05) is 0 Å². The lowest BCUT2D eigenvalue weighted by molar-refractivity contribution is 1.26. The normalized spacial score (nSPS) is 10.2. The van der Waals surface area contributed by atoms with Gasteiger partial charge >= 0.3 is 0 Å². The molecule has 1 heteroatoms. The maximum Gasteiger partial charge on any atom is 0.114 e. The second-order valence-electron chi connectivity index (χ2n) is 3.17. The first-order chi connectivity index (χ1) is 5.04. The summed E-state index contributed by atoms with van der Waals surface area (Å²) in [5, 5.41) is 0. The van der Waals surface area contributed by atoms with Crippen LogP contribution in [0.5, 0.6) is 0 Å². The highest BCUT2D eigenvalue weighted by Crippen LogP contribution is 2.11. The summed E-state index contributed by atoms with van der Waals surface area (Å²) in [6, 6.07) is 2.14. The quantitative estimate of drug-likeness (QED) is 0.486. The maximum atomic E-state index is 5.85. The molecule has 1 rings (SSSR count). The molecular weight excluding hydrogens is 131 g/mol. The smallest absolute Gasteiger partial charge is 0.0907 e. The van der Waals surface area contributed by atoms with E-state index >= 15 is 0 Å². The monoisotopic (exact) mass is 144 g/mol. The van der Waals surface area contributed by atoms with Crippen LogP contribution in [0.1, 0.15) is 22.3 Å². The van der Waals surface area contributed by atoms with E-state index in [-0.39, 0.29) is 0 Å². The zero-order chi connectivity index (χ0) is 8.59. The van der Waals surface area contributed by atoms with Gasteiger partial charge in [-0.15, -0.1) is 0 Å². The molecule has 56 valence electrons. The average molecular weight is 144 g/mol. The van der Waals surface area contributed by atoms with Gasteiger partial charge in [-0.3, -0.25) is 0 Å². The Hall–Kier alpha value is -0.715. The van der Waals surface area contributed by atoms with Crippen LogP contribution >= 0.6 is 0 Å². The van der Waals surface area contributed by atoms with E-state index in [1.54, 1.807) is 0 Å². The standard InChI is InChI=1S/C10H13B/c1-6-5-7(2)10(11)9(4)8(6)3/h5H,1-4H3. The Balaban J connectivity index is 3.46. The molecular formula is C10H13B. The van der Waals surface area contributed by atoms with Crippen molar-refractivity contribution >= 4 is 13.3 Å². The van der Waals surface area contributed by atoms with Crippen LogP contribution < -0.4 is 5.46 Å². The molecule has 0 spiro atoms. The Bertz CT molecular complexity index is 261. The lowest BCUT2D eigenvalue weighted by Crippen LogP contribution is -2.13. The molecule has 0 saturated carbocycles. The minimum atomic E-state index is 0.938. The minimum absolute atomic E-state index is 0.938. The Labute approximate surface area is 70.0 Å². The largest absolute Gasteiger partial charge is 0.114 e. The predicted molar refractivity (Wildman–Crippen MR) is 50.8 cm³/mol. The summed E-state index contributed by atoms with van der Waals surface area (Å²) in [5.74, 6) is 0. The van der Waals surface area contributed by atoms with Crippen LogP contribution in [-0.4, -0.2) is 7.85 Å². The molecule has 0 aromatic heterocycles. The lowest BCUT2D eigenvalue weighted by atomic mass is 9.83. The Morgan fingerprint density at radius 1 is 0.909 bits per heavy atom. The fraction of sp³-hybridized carbons (Fsp3) is 0.400. The average Bonchev–Trinajstić information content (AvgIpc) is 1.97. The topological polar surface area (TPSA) is 0 Å². The molecule has 2 radical (unpaired) electrons. The molecule has 0 bridgehead atoms. The van der Waals surface area contributed by atoms with Crippen molar-refractivity contribution in [2.45, 2.75) is 27.7 Å². The summed E-state index contributed by atoms with van der Waals surface area (Å²) < 4.78 is 0. The third-order valence-corrected chi connectivity index (χ3v) is 2.42. The van der Waals surface area contributed by atoms with Gasteiger partial charge in [0.15, 0.2) is 0 Å². The molecule has 0 fully saturated rings. The van der Waals surface area contributed by atoms with Gasteiger partial charge in [0.05, 0.1) is 0 Å². The molecule has 0 atom stereocenters. The second-order valence-corrected chi connectivity index (χ2v) is 3.17. The van der Waals surface area contributed by atoms with Gasteiger partial charge in [-0.1, -0.05) is 22.7 Å². The van der Waals surface area contributed by atoms with Crippen LogP contribution in [0.15, 0.2) is 6.07 Å². The van der Waals surface area contributed by atoms with E-state index in [9.17, 15) is 0 Å². The van der Waals surface area contributed by atoms with Gasteiger partial charge in [-0.2, -0.15) is 0 Å². The molecule has 0 saturated heterocycles. The lowest BCUT2D eigenvalue weighted by Gasteiger charge is -2.11.